The van der Waals surface area contributed by atoms with Gasteiger partial charge in [0.15, 0.2) is 5.82 Å². The second kappa shape index (κ2) is 5.79. The summed E-state index contributed by atoms with van der Waals surface area (Å²) >= 11 is 3.05. The molecule has 1 amide bonds. The summed E-state index contributed by atoms with van der Waals surface area (Å²) < 4.78 is 37.0. The number of nitrogens with two attached hydrogens (primary N) is 1. The molecule has 0 spiro atoms. The summed E-state index contributed by atoms with van der Waals surface area (Å²) in [4.78, 5) is 11.4. The Balaban J connectivity index is 2.36. The van der Waals surface area contributed by atoms with Gasteiger partial charge < -0.3 is 5.32 Å². The molecule has 0 atom stereocenters. The summed E-state index contributed by atoms with van der Waals surface area (Å²) in [6.45, 7) is 0. The van der Waals surface area contributed by atoms with Crippen molar-refractivity contribution in [2.45, 2.75) is 36.6 Å². The standard InChI is InChI=1S/C12H14BrFN2O3S/c13-7-5-9(11(14)10(6-7)20(15,18)19)12(17)16-8-3-1-2-4-8/h5-6,8H,1-4H2,(H,16,17)(H2,15,18,19). The molecular formula is C12H14BrFN2O3S. The average molecular weight is 365 g/mol. The molecule has 1 fully saturated rings. The number of nitrogens with one attached hydrogen (secondary N) is 1. The minimum Gasteiger partial charge on any atom is -0.349 e. The van der Waals surface area contributed by atoms with Gasteiger partial charge in [0.25, 0.3) is 5.91 Å². The number of hydrogen-bond donors (Lipinski definition) is 2. The summed E-state index contributed by atoms with van der Waals surface area (Å²) in [6.07, 6.45) is 3.75. The van der Waals surface area contributed by atoms with Crippen molar-refractivity contribution in [2.75, 3.05) is 0 Å². The maximum absolute atomic E-state index is 14.1. The van der Waals surface area contributed by atoms with E-state index in [4.69, 9.17) is 5.14 Å². The van der Waals surface area contributed by atoms with Crippen molar-refractivity contribution in [2.24, 2.45) is 5.14 Å². The highest BCUT2D eigenvalue weighted by Crippen LogP contribution is 2.24. The Labute approximate surface area is 124 Å². The van der Waals surface area contributed by atoms with Gasteiger partial charge in [-0.25, -0.2) is 17.9 Å². The van der Waals surface area contributed by atoms with Crippen molar-refractivity contribution in [1.29, 1.82) is 0 Å². The molecule has 1 aromatic rings. The lowest BCUT2D eigenvalue weighted by atomic mass is 10.1. The Kier molecular flexibility index (Phi) is 4.46. The maximum Gasteiger partial charge on any atom is 0.254 e. The Morgan fingerprint density at radius 1 is 1.35 bits per heavy atom. The summed E-state index contributed by atoms with van der Waals surface area (Å²) in [7, 11) is -4.22. The van der Waals surface area contributed by atoms with Crippen LogP contribution in [0.3, 0.4) is 0 Å². The van der Waals surface area contributed by atoms with Crippen LogP contribution in [-0.2, 0) is 10.0 Å². The maximum atomic E-state index is 14.1. The SMILES string of the molecule is NS(=O)(=O)c1cc(Br)cc(C(=O)NC2CCCC2)c1F. The van der Waals surface area contributed by atoms with Crippen LogP contribution >= 0.6 is 15.9 Å². The van der Waals surface area contributed by atoms with Crippen LogP contribution in [0.5, 0.6) is 0 Å². The van der Waals surface area contributed by atoms with Crippen LogP contribution in [0.1, 0.15) is 36.0 Å². The molecule has 0 radical (unpaired) electrons. The van der Waals surface area contributed by atoms with E-state index in [1.807, 2.05) is 0 Å². The third-order valence-electron chi connectivity index (χ3n) is 3.25. The first-order chi connectivity index (χ1) is 9.29. The molecule has 0 bridgehead atoms. The van der Waals surface area contributed by atoms with E-state index in [2.05, 4.69) is 21.2 Å². The van der Waals surface area contributed by atoms with Crippen molar-refractivity contribution in [1.82, 2.24) is 5.32 Å². The number of amides is 1. The molecule has 1 aromatic carbocycles. The first kappa shape index (κ1) is 15.4. The summed E-state index contributed by atoms with van der Waals surface area (Å²) in [5.41, 5.74) is -0.324. The van der Waals surface area contributed by atoms with Crippen LogP contribution in [0.15, 0.2) is 21.5 Å². The molecule has 1 aliphatic rings. The first-order valence-electron chi connectivity index (χ1n) is 6.12. The number of sulfonamides is 1. The second-order valence-electron chi connectivity index (χ2n) is 4.77. The first-order valence-corrected chi connectivity index (χ1v) is 8.45. The van der Waals surface area contributed by atoms with Crippen LogP contribution in [0.2, 0.25) is 0 Å². The van der Waals surface area contributed by atoms with Crippen LogP contribution in [0.25, 0.3) is 0 Å². The van der Waals surface area contributed by atoms with Gasteiger partial charge in [-0.05, 0) is 25.0 Å². The number of primary sulfonamides is 1. The van der Waals surface area contributed by atoms with Crippen molar-refractivity contribution in [3.8, 4) is 0 Å². The third kappa shape index (κ3) is 3.36. The van der Waals surface area contributed by atoms with Crippen molar-refractivity contribution in [3.05, 3.63) is 28.0 Å². The quantitative estimate of drug-likeness (QED) is 0.858. The van der Waals surface area contributed by atoms with Gasteiger partial charge in [0, 0.05) is 10.5 Å². The highest BCUT2D eigenvalue weighted by Gasteiger charge is 2.25. The molecule has 8 heteroatoms. The minimum atomic E-state index is -4.22. The lowest BCUT2D eigenvalue weighted by Gasteiger charge is -2.13. The largest absolute Gasteiger partial charge is 0.349 e. The number of benzene rings is 1. The zero-order valence-electron chi connectivity index (χ0n) is 10.5. The average Bonchev–Trinajstić information content (AvgIpc) is 2.83. The van der Waals surface area contributed by atoms with E-state index >= 15 is 0 Å². The molecule has 0 heterocycles. The number of carbonyl (C=O) groups excluding carboxylic acids is 1. The van der Waals surface area contributed by atoms with E-state index < -0.39 is 26.6 Å². The topological polar surface area (TPSA) is 89.3 Å². The Hall–Kier alpha value is -0.990. The monoisotopic (exact) mass is 364 g/mol. The lowest BCUT2D eigenvalue weighted by molar-refractivity contribution is 0.0933. The number of halogens is 2. The van der Waals surface area contributed by atoms with E-state index in [9.17, 15) is 17.6 Å². The van der Waals surface area contributed by atoms with Gasteiger partial charge in [-0.1, -0.05) is 28.8 Å². The third-order valence-corrected chi connectivity index (χ3v) is 4.61. The molecule has 0 aliphatic heterocycles. The van der Waals surface area contributed by atoms with Crippen molar-refractivity contribution >= 4 is 31.9 Å². The van der Waals surface area contributed by atoms with Gasteiger partial charge in [-0.3, -0.25) is 4.79 Å². The van der Waals surface area contributed by atoms with Crippen molar-refractivity contribution in [3.63, 3.8) is 0 Å². The van der Waals surface area contributed by atoms with Crippen LogP contribution in [0.4, 0.5) is 4.39 Å². The molecule has 3 N–H and O–H groups in total. The molecule has 1 aliphatic carbocycles. The predicted molar refractivity (Wildman–Crippen MR) is 75.2 cm³/mol. The molecule has 0 aromatic heterocycles. The molecule has 1 saturated carbocycles. The molecule has 110 valence electrons. The zero-order chi connectivity index (χ0) is 14.9. The van der Waals surface area contributed by atoms with E-state index in [0.717, 1.165) is 31.7 Å². The van der Waals surface area contributed by atoms with Gasteiger partial charge in [0.2, 0.25) is 10.0 Å². The van der Waals surface area contributed by atoms with Crippen LogP contribution < -0.4 is 10.5 Å². The van der Waals surface area contributed by atoms with Gasteiger partial charge in [-0.15, -0.1) is 0 Å². The highest BCUT2D eigenvalue weighted by atomic mass is 79.9. The molecule has 0 saturated heterocycles. The van der Waals surface area contributed by atoms with Gasteiger partial charge in [-0.2, -0.15) is 0 Å². The molecule has 20 heavy (non-hydrogen) atoms. The van der Waals surface area contributed by atoms with E-state index in [1.54, 1.807) is 0 Å². The summed E-state index contributed by atoms with van der Waals surface area (Å²) in [5.74, 6) is -1.74. The molecule has 2 rings (SSSR count). The van der Waals surface area contributed by atoms with Gasteiger partial charge in [0.05, 0.1) is 5.56 Å². The molecule has 0 unspecified atom stereocenters. The smallest absolute Gasteiger partial charge is 0.254 e. The predicted octanol–water partition coefficient (Wildman–Crippen LogP) is 1.91. The number of rotatable bonds is 3. The van der Waals surface area contributed by atoms with Crippen LogP contribution in [-0.4, -0.2) is 20.4 Å². The fraction of sp³-hybridized carbons (Fsp3) is 0.417. The fourth-order valence-electron chi connectivity index (χ4n) is 2.27. The van der Waals surface area contributed by atoms with Gasteiger partial charge in [0.1, 0.15) is 4.90 Å². The molecule has 5 nitrogen and oxygen atoms in total. The number of hydrogen-bond acceptors (Lipinski definition) is 3. The van der Waals surface area contributed by atoms with Gasteiger partial charge >= 0.3 is 0 Å². The fourth-order valence-corrected chi connectivity index (χ4v) is 3.53. The van der Waals surface area contributed by atoms with E-state index in [-0.39, 0.29) is 16.1 Å². The van der Waals surface area contributed by atoms with E-state index in [1.165, 1.54) is 6.07 Å². The minimum absolute atomic E-state index is 0.0128. The molecular weight excluding hydrogens is 351 g/mol. The van der Waals surface area contributed by atoms with Crippen molar-refractivity contribution < 1.29 is 17.6 Å². The Morgan fingerprint density at radius 2 is 1.95 bits per heavy atom. The summed E-state index contributed by atoms with van der Waals surface area (Å²) in [5, 5.41) is 7.65. The number of carbonyl (C=O) groups is 1. The summed E-state index contributed by atoms with van der Waals surface area (Å²) in [6, 6.07) is 2.30. The lowest BCUT2D eigenvalue weighted by Crippen LogP contribution is -2.33. The second-order valence-corrected chi connectivity index (χ2v) is 7.21. The van der Waals surface area contributed by atoms with E-state index in [0.29, 0.717) is 0 Å². The Bertz CT molecular complexity index is 642. The normalized spacial score (nSPS) is 16.4. The Morgan fingerprint density at radius 3 is 2.50 bits per heavy atom. The zero-order valence-corrected chi connectivity index (χ0v) is 12.9. The highest BCUT2D eigenvalue weighted by molar-refractivity contribution is 9.10. The van der Waals surface area contributed by atoms with Crippen LogP contribution in [0, 0.1) is 5.82 Å².